The molecule has 6 nitrogen and oxygen atoms in total. The van der Waals surface area contributed by atoms with Gasteiger partial charge in [-0.25, -0.2) is 0 Å². The molecule has 7 heteroatoms. The van der Waals surface area contributed by atoms with Crippen molar-refractivity contribution in [2.45, 2.75) is 47.0 Å². The van der Waals surface area contributed by atoms with Gasteiger partial charge in [-0.05, 0) is 25.2 Å². The van der Waals surface area contributed by atoms with Crippen molar-refractivity contribution in [2.24, 2.45) is 11.8 Å². The molecule has 130 valence electrons. The van der Waals surface area contributed by atoms with Gasteiger partial charge in [-0.3, -0.25) is 4.79 Å². The van der Waals surface area contributed by atoms with Gasteiger partial charge in [-0.1, -0.05) is 27.7 Å². The predicted molar refractivity (Wildman–Crippen MR) is 88.6 cm³/mol. The Bertz CT molecular complexity index is 447. The lowest BCUT2D eigenvalue weighted by molar-refractivity contribution is -0.126. The fourth-order valence-electron chi connectivity index (χ4n) is 2.71. The molecule has 1 saturated heterocycles. The van der Waals surface area contributed by atoms with E-state index >= 15 is 0 Å². The van der Waals surface area contributed by atoms with E-state index in [-0.39, 0.29) is 11.8 Å². The number of nitrogens with one attached hydrogen (secondary N) is 1. The van der Waals surface area contributed by atoms with Crippen molar-refractivity contribution in [1.29, 1.82) is 0 Å². The van der Waals surface area contributed by atoms with Crippen LogP contribution in [0.1, 0.15) is 47.0 Å². The molecular formula is C15H31N3O3S. The highest BCUT2D eigenvalue weighted by Gasteiger charge is 2.34. The standard InChI is InChI=1S/C15H31N3O3S/c1-5-17(6-2)22(20,21)18-11-7-8-14(12-18)15(19)16-10-9-13(3)4/h13-14H,5-12H2,1-4H3,(H,16,19). The number of rotatable bonds is 8. The zero-order chi connectivity index (χ0) is 16.8. The quantitative estimate of drug-likeness (QED) is 0.731. The summed E-state index contributed by atoms with van der Waals surface area (Å²) in [6, 6.07) is 0. The minimum Gasteiger partial charge on any atom is -0.356 e. The Hall–Kier alpha value is -0.660. The second-order valence-corrected chi connectivity index (χ2v) is 8.19. The molecule has 22 heavy (non-hydrogen) atoms. The summed E-state index contributed by atoms with van der Waals surface area (Å²) in [6.07, 6.45) is 2.44. The molecule has 0 spiro atoms. The fraction of sp³-hybridized carbons (Fsp3) is 0.933. The van der Waals surface area contributed by atoms with Crippen LogP contribution in [0.5, 0.6) is 0 Å². The van der Waals surface area contributed by atoms with E-state index in [2.05, 4.69) is 19.2 Å². The Morgan fingerprint density at radius 2 is 1.95 bits per heavy atom. The first kappa shape index (κ1) is 19.4. The molecule has 1 aliphatic heterocycles. The van der Waals surface area contributed by atoms with Crippen LogP contribution in [0.2, 0.25) is 0 Å². The predicted octanol–water partition coefficient (Wildman–Crippen LogP) is 1.45. The van der Waals surface area contributed by atoms with E-state index in [4.69, 9.17) is 0 Å². The van der Waals surface area contributed by atoms with Gasteiger partial charge in [-0.2, -0.15) is 17.0 Å². The number of carbonyl (C=O) groups is 1. The normalized spacial score (nSPS) is 20.5. The van der Waals surface area contributed by atoms with Gasteiger partial charge >= 0.3 is 0 Å². The minimum absolute atomic E-state index is 0.0138. The Morgan fingerprint density at radius 1 is 1.32 bits per heavy atom. The minimum atomic E-state index is -3.44. The highest BCUT2D eigenvalue weighted by atomic mass is 32.2. The summed E-state index contributed by atoms with van der Waals surface area (Å²) >= 11 is 0. The van der Waals surface area contributed by atoms with Crippen LogP contribution in [0.3, 0.4) is 0 Å². The van der Waals surface area contributed by atoms with Gasteiger partial charge in [0, 0.05) is 32.7 Å². The second kappa shape index (κ2) is 8.84. The molecule has 1 unspecified atom stereocenters. The zero-order valence-corrected chi connectivity index (χ0v) is 15.2. The van der Waals surface area contributed by atoms with Gasteiger partial charge < -0.3 is 5.32 Å². The van der Waals surface area contributed by atoms with E-state index in [1.54, 1.807) is 0 Å². The van der Waals surface area contributed by atoms with Gasteiger partial charge in [0.2, 0.25) is 5.91 Å². The average molecular weight is 333 g/mol. The van der Waals surface area contributed by atoms with Crippen LogP contribution in [0.15, 0.2) is 0 Å². The summed E-state index contributed by atoms with van der Waals surface area (Å²) in [6.45, 7) is 10.3. The second-order valence-electron chi connectivity index (χ2n) is 6.26. The van der Waals surface area contributed by atoms with Gasteiger partial charge in [0.1, 0.15) is 0 Å². The van der Waals surface area contributed by atoms with Crippen LogP contribution in [0.4, 0.5) is 0 Å². The topological polar surface area (TPSA) is 69.7 Å². The smallest absolute Gasteiger partial charge is 0.281 e. The van der Waals surface area contributed by atoms with Crippen molar-refractivity contribution in [1.82, 2.24) is 13.9 Å². The molecular weight excluding hydrogens is 302 g/mol. The van der Waals surface area contributed by atoms with E-state index in [0.29, 0.717) is 38.6 Å². The van der Waals surface area contributed by atoms with E-state index in [1.807, 2.05) is 13.8 Å². The molecule has 0 aromatic heterocycles. The summed E-state index contributed by atoms with van der Waals surface area (Å²) < 4.78 is 28.0. The van der Waals surface area contributed by atoms with E-state index in [9.17, 15) is 13.2 Å². The van der Waals surface area contributed by atoms with Gasteiger partial charge in [0.05, 0.1) is 5.92 Å². The summed E-state index contributed by atoms with van der Waals surface area (Å²) in [5.41, 5.74) is 0. The molecule has 0 saturated carbocycles. The average Bonchev–Trinajstić information content (AvgIpc) is 2.48. The first-order chi connectivity index (χ1) is 10.3. The molecule has 0 bridgehead atoms. The summed E-state index contributed by atoms with van der Waals surface area (Å²) in [4.78, 5) is 12.2. The lowest BCUT2D eigenvalue weighted by Gasteiger charge is -2.34. The Kier molecular flexibility index (Phi) is 7.79. The van der Waals surface area contributed by atoms with E-state index in [0.717, 1.165) is 19.3 Å². The van der Waals surface area contributed by atoms with Crippen molar-refractivity contribution in [3.63, 3.8) is 0 Å². The maximum atomic E-state index is 12.5. The van der Waals surface area contributed by atoms with Crippen LogP contribution < -0.4 is 5.32 Å². The van der Waals surface area contributed by atoms with E-state index < -0.39 is 10.2 Å². The summed E-state index contributed by atoms with van der Waals surface area (Å²) in [5.74, 6) is 0.303. The zero-order valence-electron chi connectivity index (χ0n) is 14.3. The Labute approximate surface area is 135 Å². The van der Waals surface area contributed by atoms with E-state index in [1.165, 1.54) is 8.61 Å². The van der Waals surface area contributed by atoms with Crippen molar-refractivity contribution in [3.8, 4) is 0 Å². The lowest BCUT2D eigenvalue weighted by Crippen LogP contribution is -2.50. The van der Waals surface area contributed by atoms with Crippen LogP contribution in [0.25, 0.3) is 0 Å². The van der Waals surface area contributed by atoms with Crippen molar-refractivity contribution < 1.29 is 13.2 Å². The molecule has 1 N–H and O–H groups in total. The van der Waals surface area contributed by atoms with Crippen LogP contribution >= 0.6 is 0 Å². The molecule has 1 atom stereocenters. The van der Waals surface area contributed by atoms with Crippen LogP contribution in [0, 0.1) is 11.8 Å². The molecule has 0 aliphatic carbocycles. The third kappa shape index (κ3) is 5.21. The molecule has 1 aliphatic rings. The molecule has 1 fully saturated rings. The van der Waals surface area contributed by atoms with Crippen LogP contribution in [-0.4, -0.2) is 55.7 Å². The number of hydrogen-bond acceptors (Lipinski definition) is 3. The van der Waals surface area contributed by atoms with Crippen molar-refractivity contribution in [3.05, 3.63) is 0 Å². The molecule has 1 heterocycles. The Morgan fingerprint density at radius 3 is 2.50 bits per heavy atom. The number of hydrogen-bond donors (Lipinski definition) is 1. The van der Waals surface area contributed by atoms with Gasteiger partial charge in [0.25, 0.3) is 10.2 Å². The van der Waals surface area contributed by atoms with Crippen LogP contribution in [-0.2, 0) is 15.0 Å². The molecule has 0 aromatic rings. The monoisotopic (exact) mass is 333 g/mol. The third-order valence-electron chi connectivity index (χ3n) is 4.13. The first-order valence-corrected chi connectivity index (χ1v) is 9.75. The fourth-order valence-corrected chi connectivity index (χ4v) is 4.41. The van der Waals surface area contributed by atoms with Gasteiger partial charge in [-0.15, -0.1) is 0 Å². The number of amides is 1. The summed E-state index contributed by atoms with van der Waals surface area (Å²) in [5, 5.41) is 2.94. The van der Waals surface area contributed by atoms with Crippen molar-refractivity contribution in [2.75, 3.05) is 32.7 Å². The van der Waals surface area contributed by atoms with Gasteiger partial charge in [0.15, 0.2) is 0 Å². The molecule has 1 rings (SSSR count). The maximum Gasteiger partial charge on any atom is 0.281 e. The third-order valence-corrected chi connectivity index (χ3v) is 6.29. The SMILES string of the molecule is CCN(CC)S(=O)(=O)N1CCCC(C(=O)NCCC(C)C)C1. The Balaban J connectivity index is 2.62. The number of piperidine rings is 1. The molecule has 1 amide bonds. The largest absolute Gasteiger partial charge is 0.356 e. The maximum absolute atomic E-state index is 12.5. The lowest BCUT2D eigenvalue weighted by atomic mass is 9.98. The highest BCUT2D eigenvalue weighted by Crippen LogP contribution is 2.21. The number of carbonyl (C=O) groups excluding carboxylic acids is 1. The van der Waals surface area contributed by atoms with Crippen molar-refractivity contribution >= 4 is 16.1 Å². The highest BCUT2D eigenvalue weighted by molar-refractivity contribution is 7.86. The summed E-state index contributed by atoms with van der Waals surface area (Å²) in [7, 11) is -3.44. The number of nitrogens with zero attached hydrogens (tertiary/aromatic N) is 2. The molecule has 0 aromatic carbocycles. The molecule has 0 radical (unpaired) electrons. The first-order valence-electron chi connectivity index (χ1n) is 8.35.